The summed E-state index contributed by atoms with van der Waals surface area (Å²) in [5.74, 6) is -0.00544. The number of nitrogens with zero attached hydrogens (tertiary/aromatic N) is 1. The van der Waals surface area contributed by atoms with Crippen LogP contribution in [0.5, 0.6) is 0 Å². The molecule has 0 saturated heterocycles. The normalized spacial score (nSPS) is 10.8. The summed E-state index contributed by atoms with van der Waals surface area (Å²) in [6.07, 6.45) is 0. The second kappa shape index (κ2) is 4.68. The number of aromatic nitrogens is 2. The molecule has 0 bridgehead atoms. The van der Waals surface area contributed by atoms with Crippen molar-refractivity contribution in [2.75, 3.05) is 5.32 Å². The third-order valence-electron chi connectivity index (χ3n) is 2.82. The topological polar surface area (TPSA) is 40.7 Å². The van der Waals surface area contributed by atoms with E-state index in [1.807, 2.05) is 0 Å². The minimum absolute atomic E-state index is 0.261. The molecule has 0 saturated carbocycles. The van der Waals surface area contributed by atoms with Crippen molar-refractivity contribution < 1.29 is 8.78 Å². The predicted molar refractivity (Wildman–Crippen MR) is 69.8 cm³/mol. The molecule has 0 unspecified atom stereocenters. The van der Waals surface area contributed by atoms with E-state index < -0.39 is 0 Å². The van der Waals surface area contributed by atoms with Crippen molar-refractivity contribution in [3.63, 3.8) is 0 Å². The van der Waals surface area contributed by atoms with Crippen LogP contribution in [0.15, 0.2) is 42.5 Å². The minimum Gasteiger partial charge on any atom is -0.352 e. The zero-order chi connectivity index (χ0) is 13.2. The number of anilines is 1. The first-order valence-electron chi connectivity index (χ1n) is 5.84. The molecule has 19 heavy (non-hydrogen) atoms. The summed E-state index contributed by atoms with van der Waals surface area (Å²) >= 11 is 0. The lowest BCUT2D eigenvalue weighted by Gasteiger charge is -2.02. The molecule has 0 aliphatic heterocycles. The highest BCUT2D eigenvalue weighted by molar-refractivity contribution is 5.77. The van der Waals surface area contributed by atoms with Crippen molar-refractivity contribution in [1.82, 2.24) is 9.97 Å². The Morgan fingerprint density at radius 1 is 1.00 bits per heavy atom. The van der Waals surface area contributed by atoms with Crippen LogP contribution in [0, 0.1) is 11.6 Å². The fraction of sp³-hybridized carbons (Fsp3) is 0.0714. The van der Waals surface area contributed by atoms with Gasteiger partial charge in [-0.3, -0.25) is 0 Å². The predicted octanol–water partition coefficient (Wildman–Crippen LogP) is 3.45. The smallest absolute Gasteiger partial charge is 0.201 e. The maximum atomic E-state index is 13.0. The number of H-pyrrole nitrogens is 1. The van der Waals surface area contributed by atoms with Gasteiger partial charge in [0.15, 0.2) is 0 Å². The average molecular weight is 259 g/mol. The first-order valence-corrected chi connectivity index (χ1v) is 5.84. The van der Waals surface area contributed by atoms with Crippen LogP contribution in [0.4, 0.5) is 14.7 Å². The van der Waals surface area contributed by atoms with Crippen LogP contribution in [-0.2, 0) is 6.54 Å². The molecule has 0 aliphatic carbocycles. The third-order valence-corrected chi connectivity index (χ3v) is 2.82. The molecule has 0 fully saturated rings. The Bertz CT molecular complexity index is 704. The van der Waals surface area contributed by atoms with Crippen molar-refractivity contribution in [2.45, 2.75) is 6.54 Å². The van der Waals surface area contributed by atoms with Gasteiger partial charge in [0, 0.05) is 6.54 Å². The summed E-state index contributed by atoms with van der Waals surface area (Å²) in [5.41, 5.74) is 2.28. The Morgan fingerprint density at radius 3 is 2.53 bits per heavy atom. The van der Waals surface area contributed by atoms with Crippen LogP contribution in [-0.4, -0.2) is 9.97 Å². The van der Waals surface area contributed by atoms with E-state index in [2.05, 4.69) is 15.3 Å². The lowest BCUT2D eigenvalue weighted by atomic mass is 10.2. The first kappa shape index (κ1) is 11.6. The summed E-state index contributed by atoms with van der Waals surface area (Å²) in [7, 11) is 0. The Kier molecular flexibility index (Phi) is 2.87. The average Bonchev–Trinajstić information content (AvgIpc) is 2.80. The van der Waals surface area contributed by atoms with Crippen LogP contribution in [0.3, 0.4) is 0 Å². The quantitative estimate of drug-likeness (QED) is 0.756. The number of imidazole rings is 1. The molecule has 0 spiro atoms. The lowest BCUT2D eigenvalue weighted by Crippen LogP contribution is -2.00. The van der Waals surface area contributed by atoms with E-state index in [9.17, 15) is 8.78 Å². The summed E-state index contributed by atoms with van der Waals surface area (Å²) < 4.78 is 25.8. The Labute approximate surface area is 108 Å². The Morgan fingerprint density at radius 2 is 1.74 bits per heavy atom. The zero-order valence-electron chi connectivity index (χ0n) is 9.95. The molecule has 3 rings (SSSR count). The fourth-order valence-electron chi connectivity index (χ4n) is 1.85. The molecule has 2 aromatic carbocycles. The van der Waals surface area contributed by atoms with Crippen molar-refractivity contribution in [3.8, 4) is 0 Å². The number of halogens is 2. The van der Waals surface area contributed by atoms with E-state index >= 15 is 0 Å². The molecule has 0 amide bonds. The summed E-state index contributed by atoms with van der Waals surface area (Å²) in [6.45, 7) is 0.516. The van der Waals surface area contributed by atoms with E-state index in [0.717, 1.165) is 5.56 Å². The van der Waals surface area contributed by atoms with Gasteiger partial charge >= 0.3 is 0 Å². The summed E-state index contributed by atoms with van der Waals surface area (Å²) in [4.78, 5) is 7.26. The highest BCUT2D eigenvalue weighted by Crippen LogP contribution is 2.16. The molecule has 5 heteroatoms. The maximum Gasteiger partial charge on any atom is 0.201 e. The molecule has 0 atom stereocenters. The van der Waals surface area contributed by atoms with Gasteiger partial charge in [-0.2, -0.15) is 0 Å². The van der Waals surface area contributed by atoms with E-state index in [4.69, 9.17) is 0 Å². The zero-order valence-corrected chi connectivity index (χ0v) is 9.95. The molecule has 1 heterocycles. The molecule has 2 N–H and O–H groups in total. The maximum absolute atomic E-state index is 13.0. The molecule has 3 aromatic rings. The van der Waals surface area contributed by atoms with Gasteiger partial charge < -0.3 is 10.3 Å². The molecule has 3 nitrogen and oxygen atoms in total. The van der Waals surface area contributed by atoms with Crippen LogP contribution in [0.1, 0.15) is 5.56 Å². The summed E-state index contributed by atoms with van der Waals surface area (Å²) in [5, 5.41) is 3.08. The van der Waals surface area contributed by atoms with Gasteiger partial charge in [-0.05, 0) is 35.9 Å². The standard InChI is InChI=1S/C14H11F2N3/c15-10-3-1-9(2-4-10)8-17-14-18-12-6-5-11(16)7-13(12)19-14/h1-7H,8H2,(H2,17,18,19). The Balaban J connectivity index is 1.76. The van der Waals surface area contributed by atoms with Crippen LogP contribution >= 0.6 is 0 Å². The van der Waals surface area contributed by atoms with Gasteiger partial charge in [0.25, 0.3) is 0 Å². The monoisotopic (exact) mass is 259 g/mol. The van der Waals surface area contributed by atoms with E-state index in [0.29, 0.717) is 23.5 Å². The van der Waals surface area contributed by atoms with Gasteiger partial charge in [-0.1, -0.05) is 12.1 Å². The second-order valence-corrected chi connectivity index (χ2v) is 4.23. The van der Waals surface area contributed by atoms with Crippen LogP contribution in [0.25, 0.3) is 11.0 Å². The SMILES string of the molecule is Fc1ccc(CNc2nc3ccc(F)cc3[nH]2)cc1. The molecular weight excluding hydrogens is 248 g/mol. The molecule has 1 aromatic heterocycles. The highest BCUT2D eigenvalue weighted by Gasteiger charge is 2.03. The van der Waals surface area contributed by atoms with Crippen molar-refractivity contribution >= 4 is 17.0 Å². The fourth-order valence-corrected chi connectivity index (χ4v) is 1.85. The number of nitrogens with one attached hydrogen (secondary N) is 2. The van der Waals surface area contributed by atoms with Crippen molar-refractivity contribution in [3.05, 3.63) is 59.7 Å². The third kappa shape index (κ3) is 2.54. The van der Waals surface area contributed by atoms with Crippen molar-refractivity contribution in [1.29, 1.82) is 0 Å². The number of benzene rings is 2. The molecule has 0 aliphatic rings. The van der Waals surface area contributed by atoms with E-state index in [1.54, 1.807) is 18.2 Å². The van der Waals surface area contributed by atoms with Crippen molar-refractivity contribution in [2.24, 2.45) is 0 Å². The Hall–Kier alpha value is -2.43. The van der Waals surface area contributed by atoms with Gasteiger partial charge in [0.2, 0.25) is 5.95 Å². The largest absolute Gasteiger partial charge is 0.352 e. The number of fused-ring (bicyclic) bond motifs is 1. The molecule has 96 valence electrons. The van der Waals surface area contributed by atoms with Gasteiger partial charge in [-0.15, -0.1) is 0 Å². The molecule has 0 radical (unpaired) electrons. The number of aromatic amines is 1. The number of rotatable bonds is 3. The number of hydrogen-bond donors (Lipinski definition) is 2. The van der Waals surface area contributed by atoms with Gasteiger partial charge in [0.05, 0.1) is 11.0 Å². The minimum atomic E-state index is -0.304. The van der Waals surface area contributed by atoms with Crippen LogP contribution in [0.2, 0.25) is 0 Å². The number of hydrogen-bond acceptors (Lipinski definition) is 2. The van der Waals surface area contributed by atoms with E-state index in [-0.39, 0.29) is 11.6 Å². The highest BCUT2D eigenvalue weighted by atomic mass is 19.1. The van der Waals surface area contributed by atoms with E-state index in [1.165, 1.54) is 24.3 Å². The van der Waals surface area contributed by atoms with Gasteiger partial charge in [-0.25, -0.2) is 13.8 Å². The summed E-state index contributed by atoms with van der Waals surface area (Å²) in [6, 6.07) is 10.6. The first-order chi connectivity index (χ1) is 9.20. The lowest BCUT2D eigenvalue weighted by molar-refractivity contribution is 0.627. The molecular formula is C14H11F2N3. The second-order valence-electron chi connectivity index (χ2n) is 4.23. The van der Waals surface area contributed by atoms with Gasteiger partial charge in [0.1, 0.15) is 11.6 Å². The van der Waals surface area contributed by atoms with Crippen LogP contribution < -0.4 is 5.32 Å².